The summed E-state index contributed by atoms with van der Waals surface area (Å²) in [6.07, 6.45) is 2.46. The van der Waals surface area contributed by atoms with Crippen molar-refractivity contribution in [3.05, 3.63) is 29.8 Å². The van der Waals surface area contributed by atoms with Gasteiger partial charge in [0.2, 0.25) is 10.0 Å². The van der Waals surface area contributed by atoms with Gasteiger partial charge in [-0.25, -0.2) is 8.42 Å². The maximum Gasteiger partial charge on any atom is 0.243 e. The molecule has 1 N–H and O–H groups in total. The first-order valence-electron chi connectivity index (χ1n) is 7.06. The van der Waals surface area contributed by atoms with Gasteiger partial charge in [-0.05, 0) is 30.5 Å². The second-order valence-electron chi connectivity index (χ2n) is 5.32. The van der Waals surface area contributed by atoms with Crippen LogP contribution in [0.1, 0.15) is 18.4 Å². The van der Waals surface area contributed by atoms with Gasteiger partial charge in [0.15, 0.2) is 0 Å². The predicted molar refractivity (Wildman–Crippen MR) is 75.9 cm³/mol. The molecule has 5 nitrogen and oxygen atoms in total. The minimum atomic E-state index is -3.38. The zero-order valence-electron chi connectivity index (χ0n) is 11.4. The minimum Gasteiger partial charge on any atom is -0.379 e. The van der Waals surface area contributed by atoms with Gasteiger partial charge < -0.3 is 10.1 Å². The molecule has 0 radical (unpaired) electrons. The van der Waals surface area contributed by atoms with Crippen molar-refractivity contribution in [3.8, 4) is 0 Å². The third kappa shape index (κ3) is 3.20. The Hall–Kier alpha value is -0.950. The minimum absolute atomic E-state index is 0.384. The van der Waals surface area contributed by atoms with E-state index in [-0.39, 0.29) is 0 Å². The van der Waals surface area contributed by atoms with Gasteiger partial charge in [0.1, 0.15) is 0 Å². The highest BCUT2D eigenvalue weighted by Crippen LogP contribution is 2.21. The van der Waals surface area contributed by atoms with Crippen molar-refractivity contribution in [2.24, 2.45) is 0 Å². The molecule has 0 spiro atoms. The molecule has 1 saturated heterocycles. The van der Waals surface area contributed by atoms with Gasteiger partial charge in [0.05, 0.1) is 18.1 Å². The topological polar surface area (TPSA) is 58.6 Å². The van der Waals surface area contributed by atoms with E-state index in [4.69, 9.17) is 4.74 Å². The van der Waals surface area contributed by atoms with E-state index in [0.29, 0.717) is 37.2 Å². The summed E-state index contributed by atoms with van der Waals surface area (Å²) in [7, 11) is -3.38. The number of hydrogen-bond donors (Lipinski definition) is 1. The average molecular weight is 296 g/mol. The Balaban J connectivity index is 1.75. The van der Waals surface area contributed by atoms with E-state index in [1.165, 1.54) is 17.1 Å². The van der Waals surface area contributed by atoms with Crippen LogP contribution in [-0.2, 0) is 21.3 Å². The lowest BCUT2D eigenvalue weighted by atomic mass is 10.2. The monoisotopic (exact) mass is 296 g/mol. The average Bonchev–Trinajstić information content (AvgIpc) is 3.31. The van der Waals surface area contributed by atoms with Crippen LogP contribution in [0.2, 0.25) is 0 Å². The Morgan fingerprint density at radius 2 is 2.00 bits per heavy atom. The van der Waals surface area contributed by atoms with Crippen molar-refractivity contribution >= 4 is 10.0 Å². The Morgan fingerprint density at radius 1 is 1.25 bits per heavy atom. The summed E-state index contributed by atoms with van der Waals surface area (Å²) in [5.74, 6) is 0. The molecule has 1 aromatic carbocycles. The molecule has 1 saturated carbocycles. The standard InChI is InChI=1S/C14H20N2O3S/c17-20(18,16-6-8-19-9-7-16)14-3-1-2-12(10-14)11-15-13-4-5-13/h1-3,10,13,15H,4-9,11H2. The van der Waals surface area contributed by atoms with E-state index < -0.39 is 10.0 Å². The fourth-order valence-corrected chi connectivity index (χ4v) is 3.78. The first-order chi connectivity index (χ1) is 9.66. The van der Waals surface area contributed by atoms with Gasteiger partial charge in [-0.2, -0.15) is 4.31 Å². The van der Waals surface area contributed by atoms with Gasteiger partial charge in [0.25, 0.3) is 0 Å². The molecule has 0 bridgehead atoms. The van der Waals surface area contributed by atoms with E-state index in [0.717, 1.165) is 12.1 Å². The maximum atomic E-state index is 12.5. The summed E-state index contributed by atoms with van der Waals surface area (Å²) in [6, 6.07) is 7.85. The first-order valence-corrected chi connectivity index (χ1v) is 8.50. The third-order valence-corrected chi connectivity index (χ3v) is 5.57. The lowest BCUT2D eigenvalue weighted by molar-refractivity contribution is 0.0730. The number of sulfonamides is 1. The van der Waals surface area contributed by atoms with Crippen LogP contribution in [0.15, 0.2) is 29.2 Å². The van der Waals surface area contributed by atoms with Crippen molar-refractivity contribution in [1.82, 2.24) is 9.62 Å². The molecule has 0 aromatic heterocycles. The molecule has 20 heavy (non-hydrogen) atoms. The highest BCUT2D eigenvalue weighted by atomic mass is 32.2. The van der Waals surface area contributed by atoms with E-state index >= 15 is 0 Å². The lowest BCUT2D eigenvalue weighted by Crippen LogP contribution is -2.40. The summed E-state index contributed by atoms with van der Waals surface area (Å²) < 4.78 is 31.8. The summed E-state index contributed by atoms with van der Waals surface area (Å²) in [4.78, 5) is 0.384. The summed E-state index contributed by atoms with van der Waals surface area (Å²) in [5, 5.41) is 3.40. The molecular weight excluding hydrogens is 276 g/mol. The molecule has 2 aliphatic rings. The van der Waals surface area contributed by atoms with Crippen molar-refractivity contribution in [3.63, 3.8) is 0 Å². The number of rotatable bonds is 5. The molecule has 3 rings (SSSR count). The molecule has 6 heteroatoms. The normalized spacial score (nSPS) is 21.0. The van der Waals surface area contributed by atoms with Crippen LogP contribution in [0.25, 0.3) is 0 Å². The summed E-state index contributed by atoms with van der Waals surface area (Å²) >= 11 is 0. The number of nitrogens with one attached hydrogen (secondary N) is 1. The molecule has 1 aromatic rings. The quantitative estimate of drug-likeness (QED) is 0.879. The Morgan fingerprint density at radius 3 is 2.70 bits per heavy atom. The zero-order chi connectivity index (χ0) is 14.0. The van der Waals surface area contributed by atoms with Crippen LogP contribution >= 0.6 is 0 Å². The number of ether oxygens (including phenoxy) is 1. The number of morpholine rings is 1. The van der Waals surface area contributed by atoms with Crippen LogP contribution in [0, 0.1) is 0 Å². The van der Waals surface area contributed by atoms with Crippen molar-refractivity contribution in [2.75, 3.05) is 26.3 Å². The maximum absolute atomic E-state index is 12.5. The van der Waals surface area contributed by atoms with Crippen LogP contribution in [0.4, 0.5) is 0 Å². The highest BCUT2D eigenvalue weighted by Gasteiger charge is 2.26. The SMILES string of the molecule is O=S(=O)(c1cccc(CNC2CC2)c1)N1CCOCC1. The van der Waals surface area contributed by atoms with E-state index in [1.807, 2.05) is 12.1 Å². The molecule has 0 unspecified atom stereocenters. The summed E-state index contributed by atoms with van der Waals surface area (Å²) in [5.41, 5.74) is 1.02. The van der Waals surface area contributed by atoms with Crippen LogP contribution < -0.4 is 5.32 Å². The van der Waals surface area contributed by atoms with Gasteiger partial charge in [-0.3, -0.25) is 0 Å². The molecule has 1 heterocycles. The molecule has 0 amide bonds. The third-order valence-electron chi connectivity index (χ3n) is 3.68. The van der Waals surface area contributed by atoms with Crippen LogP contribution in [0.3, 0.4) is 0 Å². The number of benzene rings is 1. The van der Waals surface area contributed by atoms with E-state index in [9.17, 15) is 8.42 Å². The molecule has 2 fully saturated rings. The highest BCUT2D eigenvalue weighted by molar-refractivity contribution is 7.89. The predicted octanol–water partition coefficient (Wildman–Crippen LogP) is 0.960. The van der Waals surface area contributed by atoms with Gasteiger partial charge >= 0.3 is 0 Å². The van der Waals surface area contributed by atoms with Crippen LogP contribution in [0.5, 0.6) is 0 Å². The smallest absolute Gasteiger partial charge is 0.243 e. The molecular formula is C14H20N2O3S. The fourth-order valence-electron chi connectivity index (χ4n) is 2.30. The fraction of sp³-hybridized carbons (Fsp3) is 0.571. The van der Waals surface area contributed by atoms with Gasteiger partial charge in [0, 0.05) is 25.7 Å². The molecule has 0 atom stereocenters. The van der Waals surface area contributed by atoms with Crippen molar-refractivity contribution < 1.29 is 13.2 Å². The second-order valence-corrected chi connectivity index (χ2v) is 7.26. The summed E-state index contributed by atoms with van der Waals surface area (Å²) in [6.45, 7) is 2.56. The van der Waals surface area contributed by atoms with Crippen molar-refractivity contribution in [2.45, 2.75) is 30.3 Å². The molecule has 1 aliphatic carbocycles. The Bertz CT molecular complexity index is 564. The Labute approximate surface area is 120 Å². The lowest BCUT2D eigenvalue weighted by Gasteiger charge is -2.26. The number of nitrogens with zero attached hydrogens (tertiary/aromatic N) is 1. The van der Waals surface area contributed by atoms with Gasteiger partial charge in [-0.1, -0.05) is 12.1 Å². The molecule has 1 aliphatic heterocycles. The largest absolute Gasteiger partial charge is 0.379 e. The van der Waals surface area contributed by atoms with Crippen molar-refractivity contribution in [1.29, 1.82) is 0 Å². The molecule has 110 valence electrons. The van der Waals surface area contributed by atoms with Crippen LogP contribution in [-0.4, -0.2) is 45.1 Å². The Kier molecular flexibility index (Phi) is 4.07. The zero-order valence-corrected chi connectivity index (χ0v) is 12.2. The number of hydrogen-bond acceptors (Lipinski definition) is 4. The van der Waals surface area contributed by atoms with Gasteiger partial charge in [-0.15, -0.1) is 0 Å². The second kappa shape index (κ2) is 5.81. The van der Waals surface area contributed by atoms with E-state index in [1.54, 1.807) is 12.1 Å². The van der Waals surface area contributed by atoms with E-state index in [2.05, 4.69) is 5.32 Å². The first kappa shape index (κ1) is 14.0.